The molecule has 1 aliphatic heterocycles. The predicted octanol–water partition coefficient (Wildman–Crippen LogP) is 0.270. The lowest BCUT2D eigenvalue weighted by Crippen LogP contribution is -2.52. The second-order valence-electron chi connectivity index (χ2n) is 4.86. The van der Waals surface area contributed by atoms with E-state index < -0.39 is 28.1 Å². The molecular weight excluding hydrogens is 308 g/mol. The minimum absolute atomic E-state index is 0.131. The van der Waals surface area contributed by atoms with Crippen molar-refractivity contribution in [2.24, 2.45) is 0 Å². The van der Waals surface area contributed by atoms with Gasteiger partial charge in [0.25, 0.3) is 0 Å². The van der Waals surface area contributed by atoms with Crippen LogP contribution in [-0.2, 0) is 20.6 Å². The minimum atomic E-state index is -3.79. The second-order valence-corrected chi connectivity index (χ2v) is 6.58. The zero-order valence-corrected chi connectivity index (χ0v) is 12.4. The summed E-state index contributed by atoms with van der Waals surface area (Å²) < 4.78 is 26.6. The van der Waals surface area contributed by atoms with Gasteiger partial charge in [-0.05, 0) is 23.9 Å². The number of sulfonamides is 1. The number of allylic oxidation sites excluding steroid dienone is 2. The summed E-state index contributed by atoms with van der Waals surface area (Å²) in [6.07, 6.45) is 3.45. The molecule has 4 N–H and O–H groups in total. The molecule has 0 bridgehead atoms. The maximum absolute atomic E-state index is 12.2. The highest BCUT2D eigenvalue weighted by molar-refractivity contribution is 7.88. The lowest BCUT2D eigenvalue weighted by Gasteiger charge is -2.32. The van der Waals surface area contributed by atoms with Crippen molar-refractivity contribution in [3.05, 3.63) is 59.9 Å². The number of rotatable bonds is 6. The molecule has 1 heterocycles. The van der Waals surface area contributed by atoms with Gasteiger partial charge < -0.3 is 15.5 Å². The van der Waals surface area contributed by atoms with Crippen molar-refractivity contribution in [2.45, 2.75) is 17.9 Å². The lowest BCUT2D eigenvalue weighted by molar-refractivity contribution is -0.142. The van der Waals surface area contributed by atoms with Crippen LogP contribution in [0.4, 0.5) is 0 Å². The van der Waals surface area contributed by atoms with E-state index in [1.165, 1.54) is 18.4 Å². The summed E-state index contributed by atoms with van der Waals surface area (Å²) in [5, 5.41) is 21.6. The Kier molecular flexibility index (Phi) is 4.53. The van der Waals surface area contributed by atoms with E-state index >= 15 is 0 Å². The zero-order chi connectivity index (χ0) is 16.2. The van der Waals surface area contributed by atoms with Crippen LogP contribution in [0, 0.1) is 0 Å². The topological polar surface area (TPSA) is 116 Å². The molecule has 1 aromatic carbocycles. The molecule has 0 saturated carbocycles. The van der Waals surface area contributed by atoms with Crippen molar-refractivity contribution < 1.29 is 23.4 Å². The van der Waals surface area contributed by atoms with E-state index in [4.69, 9.17) is 5.11 Å². The maximum Gasteiger partial charge on any atom is 0.308 e. The number of carbonyl (C=O) groups is 1. The molecule has 118 valence electrons. The average Bonchev–Trinajstić information content (AvgIpc) is 2.41. The molecule has 0 aliphatic carbocycles. The maximum atomic E-state index is 12.2. The Morgan fingerprint density at radius 3 is 2.59 bits per heavy atom. The van der Waals surface area contributed by atoms with Gasteiger partial charge in [0.2, 0.25) is 10.0 Å². The molecule has 0 saturated heterocycles. The van der Waals surface area contributed by atoms with Crippen LogP contribution in [0.25, 0.3) is 0 Å². The standard InChI is InChI=1S/C14H16N2O5S/c17-13(18)9-14(19)12(7-4-8-15-14)16-22(20,21)10-11-5-2-1-3-6-11/h1-8,15-16,19H,9-10H2,(H,17,18). The summed E-state index contributed by atoms with van der Waals surface area (Å²) in [7, 11) is -3.79. The average molecular weight is 324 g/mol. The molecule has 0 amide bonds. The molecule has 1 atom stereocenters. The molecule has 0 fully saturated rings. The Labute approximate surface area is 128 Å². The van der Waals surface area contributed by atoms with Crippen LogP contribution < -0.4 is 10.0 Å². The molecule has 1 aromatic rings. The normalized spacial score (nSPS) is 20.9. The molecule has 0 aromatic heterocycles. The third-order valence-corrected chi connectivity index (χ3v) is 4.24. The Morgan fingerprint density at radius 2 is 1.95 bits per heavy atom. The summed E-state index contributed by atoms with van der Waals surface area (Å²) in [6, 6.07) is 8.53. The molecule has 2 rings (SSSR count). The SMILES string of the molecule is O=C(O)CC1(O)NC=CC=C1NS(=O)(=O)Cc1ccccc1. The van der Waals surface area contributed by atoms with Gasteiger partial charge in [0.15, 0.2) is 5.72 Å². The van der Waals surface area contributed by atoms with Crippen molar-refractivity contribution in [3.8, 4) is 0 Å². The number of dihydropyridines is 1. The number of benzene rings is 1. The minimum Gasteiger partial charge on any atom is -0.481 e. The van der Waals surface area contributed by atoms with E-state index in [-0.39, 0.29) is 11.4 Å². The molecule has 0 spiro atoms. The van der Waals surface area contributed by atoms with Crippen LogP contribution >= 0.6 is 0 Å². The van der Waals surface area contributed by atoms with E-state index in [1.54, 1.807) is 30.3 Å². The predicted molar refractivity (Wildman–Crippen MR) is 79.8 cm³/mol. The monoisotopic (exact) mass is 324 g/mol. The number of nitrogens with one attached hydrogen (secondary N) is 2. The van der Waals surface area contributed by atoms with Crippen molar-refractivity contribution in [1.29, 1.82) is 0 Å². The van der Waals surface area contributed by atoms with E-state index in [0.29, 0.717) is 5.56 Å². The van der Waals surface area contributed by atoms with Crippen LogP contribution in [0.3, 0.4) is 0 Å². The third-order valence-electron chi connectivity index (χ3n) is 3.00. The van der Waals surface area contributed by atoms with Crippen LogP contribution in [0.2, 0.25) is 0 Å². The first kappa shape index (κ1) is 16.1. The molecular formula is C14H16N2O5S. The Balaban J connectivity index is 2.18. The number of hydrogen-bond donors (Lipinski definition) is 4. The van der Waals surface area contributed by atoms with Gasteiger partial charge in [0, 0.05) is 0 Å². The highest BCUT2D eigenvalue weighted by Crippen LogP contribution is 2.21. The van der Waals surface area contributed by atoms with Crippen molar-refractivity contribution in [1.82, 2.24) is 10.0 Å². The zero-order valence-electron chi connectivity index (χ0n) is 11.6. The first-order valence-electron chi connectivity index (χ1n) is 6.44. The Morgan fingerprint density at radius 1 is 1.27 bits per heavy atom. The molecule has 8 heteroatoms. The van der Waals surface area contributed by atoms with Gasteiger partial charge in [0.1, 0.15) is 0 Å². The number of aliphatic hydroxyl groups is 1. The lowest BCUT2D eigenvalue weighted by atomic mass is 10.0. The number of carboxylic acid groups (broad SMARTS) is 1. The number of aliphatic carboxylic acids is 1. The van der Waals surface area contributed by atoms with Gasteiger partial charge in [-0.25, -0.2) is 8.42 Å². The highest BCUT2D eigenvalue weighted by atomic mass is 32.2. The fourth-order valence-corrected chi connectivity index (χ4v) is 3.30. The van der Waals surface area contributed by atoms with Gasteiger partial charge in [-0.1, -0.05) is 30.3 Å². The van der Waals surface area contributed by atoms with Crippen LogP contribution in [-0.4, -0.2) is 30.3 Å². The largest absolute Gasteiger partial charge is 0.481 e. The molecule has 0 radical (unpaired) electrons. The smallest absolute Gasteiger partial charge is 0.308 e. The summed E-state index contributed by atoms with van der Waals surface area (Å²) in [5.74, 6) is -1.55. The van der Waals surface area contributed by atoms with Crippen molar-refractivity contribution in [3.63, 3.8) is 0 Å². The molecule has 1 aliphatic rings. The van der Waals surface area contributed by atoms with E-state index in [2.05, 4.69) is 10.0 Å². The van der Waals surface area contributed by atoms with E-state index in [1.807, 2.05) is 0 Å². The highest BCUT2D eigenvalue weighted by Gasteiger charge is 2.36. The molecule has 7 nitrogen and oxygen atoms in total. The Hall–Kier alpha value is -2.32. The fourth-order valence-electron chi connectivity index (χ4n) is 2.03. The number of hydrogen-bond acceptors (Lipinski definition) is 5. The van der Waals surface area contributed by atoms with Crippen molar-refractivity contribution >= 4 is 16.0 Å². The van der Waals surface area contributed by atoms with Crippen LogP contribution in [0.5, 0.6) is 0 Å². The van der Waals surface area contributed by atoms with Gasteiger partial charge in [-0.3, -0.25) is 9.52 Å². The third kappa shape index (κ3) is 4.09. The first-order chi connectivity index (χ1) is 10.3. The fraction of sp³-hybridized carbons (Fsp3) is 0.214. The summed E-state index contributed by atoms with van der Waals surface area (Å²) in [4.78, 5) is 10.8. The van der Waals surface area contributed by atoms with Gasteiger partial charge in [-0.2, -0.15) is 0 Å². The van der Waals surface area contributed by atoms with E-state index in [0.717, 1.165) is 0 Å². The summed E-state index contributed by atoms with van der Waals surface area (Å²) >= 11 is 0. The quantitative estimate of drug-likeness (QED) is 0.597. The molecule has 1 unspecified atom stereocenters. The van der Waals surface area contributed by atoms with E-state index in [9.17, 15) is 18.3 Å². The van der Waals surface area contributed by atoms with Gasteiger partial charge in [-0.15, -0.1) is 0 Å². The van der Waals surface area contributed by atoms with Crippen molar-refractivity contribution in [2.75, 3.05) is 0 Å². The van der Waals surface area contributed by atoms with Gasteiger partial charge in [0.05, 0.1) is 17.9 Å². The van der Waals surface area contributed by atoms with Gasteiger partial charge >= 0.3 is 5.97 Å². The van der Waals surface area contributed by atoms with Crippen LogP contribution in [0.1, 0.15) is 12.0 Å². The molecule has 22 heavy (non-hydrogen) atoms. The number of carboxylic acids is 1. The summed E-state index contributed by atoms with van der Waals surface area (Å²) in [6.45, 7) is 0. The first-order valence-corrected chi connectivity index (χ1v) is 8.10. The van der Waals surface area contributed by atoms with Crippen LogP contribution in [0.15, 0.2) is 54.4 Å². The second kappa shape index (κ2) is 6.20. The summed E-state index contributed by atoms with van der Waals surface area (Å²) in [5.41, 5.74) is -1.55. The Bertz CT molecular complexity index is 712.